The molecule has 3 aromatic rings. The quantitative estimate of drug-likeness (QED) is 0.408. The maximum Gasteiger partial charge on any atom is 0.260 e. The minimum absolute atomic E-state index is 0. The van der Waals surface area contributed by atoms with Crippen molar-refractivity contribution in [2.45, 2.75) is 24.2 Å². The van der Waals surface area contributed by atoms with Gasteiger partial charge in [0.05, 0.1) is 22.2 Å². The molecule has 2 aromatic carbocycles. The summed E-state index contributed by atoms with van der Waals surface area (Å²) in [5.74, 6) is 0.513. The Morgan fingerprint density at radius 2 is 1.77 bits per heavy atom. The molecule has 1 aliphatic heterocycles. The number of halogens is 1. The van der Waals surface area contributed by atoms with Crippen LogP contribution in [0.4, 0.5) is 5.13 Å². The van der Waals surface area contributed by atoms with Crippen LogP contribution >= 0.6 is 23.7 Å². The Morgan fingerprint density at radius 3 is 2.40 bits per heavy atom. The van der Waals surface area contributed by atoms with Gasteiger partial charge in [0.1, 0.15) is 5.75 Å². The van der Waals surface area contributed by atoms with Gasteiger partial charge in [0.25, 0.3) is 5.91 Å². The van der Waals surface area contributed by atoms with E-state index in [2.05, 4.69) is 4.90 Å². The molecule has 190 valence electrons. The summed E-state index contributed by atoms with van der Waals surface area (Å²) in [6.07, 6.45) is 2.54. The number of aromatic nitrogens is 1. The van der Waals surface area contributed by atoms with Crippen LogP contribution in [-0.4, -0.2) is 75.9 Å². The second kappa shape index (κ2) is 11.7. The molecule has 8 nitrogen and oxygen atoms in total. The standard InChI is InChI=1S/C24H30N4O4S2.ClH/c1-26(2)13-6-16-28(24-25-21-17-19(32-3)9-12-22(21)33-24)23(29)18-7-10-20(11-8-18)34(30,31)27-14-4-5-15-27;/h7-12,17H,4-6,13-16H2,1-3H3;1H. The first kappa shape index (κ1) is 27.3. The molecule has 1 fully saturated rings. The molecule has 2 heterocycles. The molecule has 0 bridgehead atoms. The molecular formula is C24H31ClN4O4S2. The molecule has 4 rings (SSSR count). The van der Waals surface area contributed by atoms with Gasteiger partial charge in [-0.05, 0) is 76.3 Å². The zero-order chi connectivity index (χ0) is 24.3. The minimum Gasteiger partial charge on any atom is -0.497 e. The van der Waals surface area contributed by atoms with Crippen molar-refractivity contribution in [3.63, 3.8) is 0 Å². The number of rotatable bonds is 9. The van der Waals surface area contributed by atoms with Gasteiger partial charge in [0.2, 0.25) is 10.0 Å². The number of carbonyl (C=O) groups excluding carboxylic acids is 1. The lowest BCUT2D eigenvalue weighted by Gasteiger charge is -2.21. The van der Waals surface area contributed by atoms with Crippen LogP contribution in [0, 0.1) is 0 Å². The average molecular weight is 539 g/mol. The van der Waals surface area contributed by atoms with E-state index in [-0.39, 0.29) is 23.2 Å². The SMILES string of the molecule is COc1ccc2sc(N(CCCN(C)C)C(=O)c3ccc(S(=O)(=O)N4CCCC4)cc3)nc2c1.Cl. The number of anilines is 1. The third-order valence-corrected chi connectivity index (χ3v) is 8.82. The number of sulfonamides is 1. The van der Waals surface area contributed by atoms with Crippen LogP contribution in [-0.2, 0) is 10.0 Å². The van der Waals surface area contributed by atoms with Gasteiger partial charge in [0.15, 0.2) is 5.13 Å². The minimum atomic E-state index is -3.52. The average Bonchev–Trinajstić information content (AvgIpc) is 3.51. The lowest BCUT2D eigenvalue weighted by atomic mass is 10.2. The monoisotopic (exact) mass is 538 g/mol. The maximum absolute atomic E-state index is 13.5. The van der Waals surface area contributed by atoms with E-state index in [1.807, 2.05) is 32.3 Å². The molecule has 11 heteroatoms. The normalized spacial score (nSPS) is 14.3. The number of nitrogens with zero attached hydrogens (tertiary/aromatic N) is 4. The fourth-order valence-electron chi connectivity index (χ4n) is 3.97. The van der Waals surface area contributed by atoms with E-state index >= 15 is 0 Å². The fraction of sp³-hybridized carbons (Fsp3) is 0.417. The van der Waals surface area contributed by atoms with Crippen molar-refractivity contribution < 1.29 is 17.9 Å². The van der Waals surface area contributed by atoms with Gasteiger partial charge in [-0.15, -0.1) is 12.4 Å². The van der Waals surface area contributed by atoms with Gasteiger partial charge >= 0.3 is 0 Å². The van der Waals surface area contributed by atoms with Crippen molar-refractivity contribution in [2.24, 2.45) is 0 Å². The Morgan fingerprint density at radius 1 is 1.09 bits per heavy atom. The van der Waals surface area contributed by atoms with Crippen molar-refractivity contribution in [2.75, 3.05) is 52.3 Å². The molecule has 35 heavy (non-hydrogen) atoms. The molecule has 1 aromatic heterocycles. The van der Waals surface area contributed by atoms with Crippen molar-refractivity contribution in [1.82, 2.24) is 14.2 Å². The summed E-state index contributed by atoms with van der Waals surface area (Å²) in [5, 5.41) is 0.612. The summed E-state index contributed by atoms with van der Waals surface area (Å²) in [4.78, 5) is 22.2. The lowest BCUT2D eigenvalue weighted by Crippen LogP contribution is -2.33. The molecule has 0 spiro atoms. The molecule has 0 unspecified atom stereocenters. The predicted octanol–water partition coefficient (Wildman–Crippen LogP) is 4.11. The lowest BCUT2D eigenvalue weighted by molar-refractivity contribution is 0.0986. The van der Waals surface area contributed by atoms with Crippen LogP contribution in [0.2, 0.25) is 0 Å². The first-order valence-electron chi connectivity index (χ1n) is 11.3. The molecule has 0 radical (unpaired) electrons. The van der Waals surface area contributed by atoms with E-state index in [1.54, 1.807) is 24.1 Å². The Labute approximate surface area is 217 Å². The molecule has 0 N–H and O–H groups in total. The molecule has 1 saturated heterocycles. The third-order valence-electron chi connectivity index (χ3n) is 5.85. The van der Waals surface area contributed by atoms with Crippen LogP contribution < -0.4 is 9.64 Å². The van der Waals surface area contributed by atoms with Crippen LogP contribution in [0.1, 0.15) is 29.6 Å². The van der Waals surface area contributed by atoms with E-state index < -0.39 is 10.0 Å². The first-order valence-corrected chi connectivity index (χ1v) is 13.6. The zero-order valence-electron chi connectivity index (χ0n) is 20.1. The smallest absolute Gasteiger partial charge is 0.260 e. The highest BCUT2D eigenvalue weighted by atomic mass is 35.5. The highest BCUT2D eigenvalue weighted by molar-refractivity contribution is 7.89. The number of fused-ring (bicyclic) bond motifs is 1. The van der Waals surface area contributed by atoms with Crippen molar-refractivity contribution in [1.29, 1.82) is 0 Å². The maximum atomic E-state index is 13.5. The van der Waals surface area contributed by atoms with E-state index in [9.17, 15) is 13.2 Å². The first-order chi connectivity index (χ1) is 16.3. The van der Waals surface area contributed by atoms with E-state index in [0.29, 0.717) is 36.1 Å². The Bertz CT molecular complexity index is 1260. The molecule has 1 amide bonds. The van der Waals surface area contributed by atoms with Gasteiger partial charge in [-0.1, -0.05) is 11.3 Å². The largest absolute Gasteiger partial charge is 0.497 e. The molecule has 0 aliphatic carbocycles. The summed E-state index contributed by atoms with van der Waals surface area (Å²) < 4.78 is 33.4. The summed E-state index contributed by atoms with van der Waals surface area (Å²) in [5.41, 5.74) is 1.21. The highest BCUT2D eigenvalue weighted by Crippen LogP contribution is 2.32. The second-order valence-corrected chi connectivity index (χ2v) is 11.5. The van der Waals surface area contributed by atoms with Crippen LogP contribution in [0.15, 0.2) is 47.4 Å². The number of thiazole rings is 1. The Kier molecular flexibility index (Phi) is 9.11. The Balaban J connectivity index is 0.00000342. The molecule has 0 atom stereocenters. The van der Waals surface area contributed by atoms with Crippen LogP contribution in [0.3, 0.4) is 0 Å². The number of ether oxygens (including phenoxy) is 1. The van der Waals surface area contributed by atoms with E-state index in [0.717, 1.165) is 36.0 Å². The summed E-state index contributed by atoms with van der Waals surface area (Å²) in [7, 11) is 2.08. The molecular weight excluding hydrogens is 508 g/mol. The van der Waals surface area contributed by atoms with Gasteiger partial charge in [-0.2, -0.15) is 4.31 Å². The Hall–Kier alpha value is -2.24. The zero-order valence-corrected chi connectivity index (χ0v) is 22.6. The van der Waals surface area contributed by atoms with Gasteiger partial charge in [0, 0.05) is 31.3 Å². The van der Waals surface area contributed by atoms with Crippen molar-refractivity contribution in [3.05, 3.63) is 48.0 Å². The topological polar surface area (TPSA) is 83.0 Å². The molecule has 0 saturated carbocycles. The summed E-state index contributed by atoms with van der Waals surface area (Å²) in [6.45, 7) is 2.42. The number of methoxy groups -OCH3 is 1. The van der Waals surface area contributed by atoms with Crippen LogP contribution in [0.25, 0.3) is 10.2 Å². The van der Waals surface area contributed by atoms with Crippen molar-refractivity contribution in [3.8, 4) is 5.75 Å². The van der Waals surface area contributed by atoms with Gasteiger partial charge in [-0.3, -0.25) is 9.69 Å². The van der Waals surface area contributed by atoms with Crippen molar-refractivity contribution >= 4 is 55.0 Å². The highest BCUT2D eigenvalue weighted by Gasteiger charge is 2.28. The molecule has 1 aliphatic rings. The number of carbonyl (C=O) groups is 1. The van der Waals surface area contributed by atoms with E-state index in [4.69, 9.17) is 9.72 Å². The predicted molar refractivity (Wildman–Crippen MR) is 143 cm³/mol. The number of hydrogen-bond acceptors (Lipinski definition) is 7. The van der Waals surface area contributed by atoms with Gasteiger partial charge in [-0.25, -0.2) is 13.4 Å². The third kappa shape index (κ3) is 6.13. The van der Waals surface area contributed by atoms with Gasteiger partial charge < -0.3 is 9.64 Å². The van der Waals surface area contributed by atoms with E-state index in [1.165, 1.54) is 27.8 Å². The fourth-order valence-corrected chi connectivity index (χ4v) is 6.46. The number of amides is 1. The number of benzene rings is 2. The second-order valence-electron chi connectivity index (χ2n) is 8.58. The summed E-state index contributed by atoms with van der Waals surface area (Å²) in [6, 6.07) is 11.9. The summed E-state index contributed by atoms with van der Waals surface area (Å²) >= 11 is 1.45. The van der Waals surface area contributed by atoms with Crippen LogP contribution in [0.5, 0.6) is 5.75 Å². The number of hydrogen-bond donors (Lipinski definition) is 0.